The molecule has 8 heteroatoms. The first-order valence-corrected chi connectivity index (χ1v) is 9.01. The lowest BCUT2D eigenvalue weighted by Crippen LogP contribution is -2.42. The molecule has 2 fully saturated rings. The van der Waals surface area contributed by atoms with Crippen molar-refractivity contribution in [3.8, 4) is 5.75 Å². The van der Waals surface area contributed by atoms with E-state index in [1.165, 1.54) is 12.1 Å². The highest BCUT2D eigenvalue weighted by Crippen LogP contribution is 2.25. The van der Waals surface area contributed by atoms with Gasteiger partial charge in [-0.05, 0) is 38.1 Å². The molecule has 2 heterocycles. The van der Waals surface area contributed by atoms with Crippen LogP contribution in [0.2, 0.25) is 10.0 Å². The Labute approximate surface area is 157 Å². The number of rotatable bonds is 3. The fourth-order valence-electron chi connectivity index (χ4n) is 2.80. The third kappa shape index (κ3) is 6.06. The van der Waals surface area contributed by atoms with E-state index in [9.17, 15) is 9.59 Å². The van der Waals surface area contributed by atoms with Crippen LogP contribution in [-0.2, 0) is 9.59 Å². The van der Waals surface area contributed by atoms with Gasteiger partial charge in [0, 0.05) is 32.1 Å². The van der Waals surface area contributed by atoms with Gasteiger partial charge < -0.3 is 15.3 Å². The van der Waals surface area contributed by atoms with Crippen LogP contribution in [0.3, 0.4) is 0 Å². The Morgan fingerprint density at radius 3 is 2.52 bits per heavy atom. The van der Waals surface area contributed by atoms with Crippen LogP contribution in [-0.4, -0.2) is 66.0 Å². The molecule has 1 atom stereocenters. The second-order valence-corrected chi connectivity index (χ2v) is 7.08. The highest BCUT2D eigenvalue weighted by molar-refractivity contribution is 6.42. The van der Waals surface area contributed by atoms with Crippen molar-refractivity contribution in [3.63, 3.8) is 0 Å². The van der Waals surface area contributed by atoms with Crippen LogP contribution in [0.1, 0.15) is 19.3 Å². The number of nitrogens with one attached hydrogen (secondary N) is 1. The Kier molecular flexibility index (Phi) is 7.35. The molecule has 2 aliphatic rings. The molecule has 6 nitrogen and oxygen atoms in total. The van der Waals surface area contributed by atoms with E-state index in [4.69, 9.17) is 28.3 Å². The topological polar surface area (TPSA) is 72.9 Å². The Bertz CT molecular complexity index is 621. The molecule has 138 valence electrons. The summed E-state index contributed by atoms with van der Waals surface area (Å²) in [5.74, 6) is 0.411. The second-order valence-electron chi connectivity index (χ2n) is 6.26. The molecule has 1 aromatic carbocycles. The van der Waals surface area contributed by atoms with E-state index in [0.29, 0.717) is 29.6 Å². The molecule has 1 unspecified atom stereocenters. The number of phenols is 1. The third-order valence-electron chi connectivity index (χ3n) is 4.33. The number of nitrogens with zero attached hydrogens (tertiary/aromatic N) is 2. The van der Waals surface area contributed by atoms with Gasteiger partial charge in [-0.3, -0.25) is 14.5 Å². The average Bonchev–Trinajstić information content (AvgIpc) is 3.23. The monoisotopic (exact) mass is 387 g/mol. The minimum absolute atomic E-state index is 0.0884. The fourth-order valence-corrected chi connectivity index (χ4v) is 3.09. The summed E-state index contributed by atoms with van der Waals surface area (Å²) in [5.41, 5.74) is 0. The van der Waals surface area contributed by atoms with Crippen LogP contribution in [0.25, 0.3) is 0 Å². The van der Waals surface area contributed by atoms with Crippen molar-refractivity contribution >= 4 is 35.0 Å². The second kappa shape index (κ2) is 9.27. The molecule has 2 amide bonds. The number of aromatic hydroxyl groups is 1. The number of amides is 2. The average molecular weight is 388 g/mol. The van der Waals surface area contributed by atoms with Gasteiger partial charge in [-0.25, -0.2) is 0 Å². The summed E-state index contributed by atoms with van der Waals surface area (Å²) < 4.78 is 0. The standard InChI is InChI=1S/C11H19N3O2.C6H4Cl2O/c1-13(9-6-10(15)12-7-9)8-11(16)14-4-2-3-5-14;7-5-2-1-4(9)3-6(5)8/h9H,2-8H2,1H3,(H,12,15);1-3,9H. The maximum absolute atomic E-state index is 11.9. The van der Waals surface area contributed by atoms with Gasteiger partial charge in [0.15, 0.2) is 0 Å². The minimum Gasteiger partial charge on any atom is -0.508 e. The summed E-state index contributed by atoms with van der Waals surface area (Å²) in [6, 6.07) is 4.59. The van der Waals surface area contributed by atoms with Crippen LogP contribution in [0.4, 0.5) is 0 Å². The molecular formula is C17H23Cl2N3O3. The number of carbonyl (C=O) groups is 2. The van der Waals surface area contributed by atoms with Gasteiger partial charge in [0.1, 0.15) is 5.75 Å². The Hall–Kier alpha value is -1.50. The third-order valence-corrected chi connectivity index (χ3v) is 5.06. The quantitative estimate of drug-likeness (QED) is 0.832. The van der Waals surface area contributed by atoms with Crippen molar-refractivity contribution < 1.29 is 14.7 Å². The van der Waals surface area contributed by atoms with Gasteiger partial charge in [0.2, 0.25) is 11.8 Å². The maximum atomic E-state index is 11.9. The number of carbonyl (C=O) groups excluding carboxylic acids is 2. The lowest BCUT2D eigenvalue weighted by Gasteiger charge is -2.24. The summed E-state index contributed by atoms with van der Waals surface area (Å²) in [6.45, 7) is 2.89. The van der Waals surface area contributed by atoms with Crippen LogP contribution in [0.5, 0.6) is 5.75 Å². The number of hydrogen-bond donors (Lipinski definition) is 2. The number of hydrogen-bond acceptors (Lipinski definition) is 4. The summed E-state index contributed by atoms with van der Waals surface area (Å²) in [7, 11) is 1.92. The molecule has 0 radical (unpaired) electrons. The van der Waals surface area contributed by atoms with Crippen molar-refractivity contribution in [2.45, 2.75) is 25.3 Å². The minimum atomic E-state index is 0.0884. The Balaban J connectivity index is 0.000000212. The van der Waals surface area contributed by atoms with Crippen LogP contribution in [0.15, 0.2) is 18.2 Å². The molecule has 0 bridgehead atoms. The lowest BCUT2D eigenvalue weighted by molar-refractivity contribution is -0.131. The number of phenolic OH excluding ortho intramolecular Hbond substituents is 1. The molecular weight excluding hydrogens is 365 g/mol. The predicted octanol–water partition coefficient (Wildman–Crippen LogP) is 2.13. The van der Waals surface area contributed by atoms with E-state index in [0.717, 1.165) is 25.9 Å². The summed E-state index contributed by atoms with van der Waals surface area (Å²) in [6.07, 6.45) is 2.77. The van der Waals surface area contributed by atoms with Gasteiger partial charge in [0.25, 0.3) is 0 Å². The first-order chi connectivity index (χ1) is 11.9. The maximum Gasteiger partial charge on any atom is 0.236 e. The van der Waals surface area contributed by atoms with Gasteiger partial charge in [-0.15, -0.1) is 0 Å². The number of halogens is 2. The molecule has 25 heavy (non-hydrogen) atoms. The van der Waals surface area contributed by atoms with Gasteiger partial charge >= 0.3 is 0 Å². The molecule has 0 spiro atoms. The molecule has 2 saturated heterocycles. The van der Waals surface area contributed by atoms with E-state index < -0.39 is 0 Å². The number of benzene rings is 1. The highest BCUT2D eigenvalue weighted by Gasteiger charge is 2.27. The smallest absolute Gasteiger partial charge is 0.236 e. The van der Waals surface area contributed by atoms with E-state index in [2.05, 4.69) is 5.32 Å². The Morgan fingerprint density at radius 1 is 1.32 bits per heavy atom. The van der Waals surface area contributed by atoms with Crippen molar-refractivity contribution in [1.29, 1.82) is 0 Å². The number of likely N-dealkylation sites (tertiary alicyclic amines) is 1. The van der Waals surface area contributed by atoms with Crippen LogP contribution < -0.4 is 5.32 Å². The summed E-state index contributed by atoms with van der Waals surface area (Å²) in [4.78, 5) is 26.8. The number of likely N-dealkylation sites (N-methyl/N-ethyl adjacent to an activating group) is 1. The zero-order valence-electron chi connectivity index (χ0n) is 14.2. The largest absolute Gasteiger partial charge is 0.508 e. The van der Waals surface area contributed by atoms with Crippen LogP contribution >= 0.6 is 23.2 Å². The molecule has 0 aromatic heterocycles. The van der Waals surface area contributed by atoms with E-state index in [1.54, 1.807) is 6.07 Å². The van der Waals surface area contributed by atoms with Gasteiger partial charge in [-0.2, -0.15) is 0 Å². The first kappa shape index (κ1) is 19.8. The van der Waals surface area contributed by atoms with E-state index >= 15 is 0 Å². The van der Waals surface area contributed by atoms with Crippen molar-refractivity contribution in [3.05, 3.63) is 28.2 Å². The fraction of sp³-hybridized carbons (Fsp3) is 0.529. The van der Waals surface area contributed by atoms with Crippen molar-refractivity contribution in [2.24, 2.45) is 0 Å². The Morgan fingerprint density at radius 2 is 2.00 bits per heavy atom. The lowest BCUT2D eigenvalue weighted by atomic mass is 10.2. The van der Waals surface area contributed by atoms with E-state index in [1.807, 2.05) is 16.8 Å². The zero-order valence-corrected chi connectivity index (χ0v) is 15.7. The molecule has 2 aliphatic heterocycles. The van der Waals surface area contributed by atoms with Gasteiger partial charge in [0.05, 0.1) is 16.6 Å². The van der Waals surface area contributed by atoms with E-state index in [-0.39, 0.29) is 23.6 Å². The van der Waals surface area contributed by atoms with Crippen molar-refractivity contribution in [2.75, 3.05) is 33.2 Å². The normalized spacial score (nSPS) is 19.6. The molecule has 0 aliphatic carbocycles. The molecule has 0 saturated carbocycles. The molecule has 2 N–H and O–H groups in total. The first-order valence-electron chi connectivity index (χ1n) is 8.25. The highest BCUT2D eigenvalue weighted by atomic mass is 35.5. The summed E-state index contributed by atoms with van der Waals surface area (Å²) >= 11 is 11.1. The van der Waals surface area contributed by atoms with Gasteiger partial charge in [-0.1, -0.05) is 23.2 Å². The molecule has 1 aromatic rings. The predicted molar refractivity (Wildman–Crippen MR) is 98.0 cm³/mol. The SMILES string of the molecule is CN(CC(=O)N1CCCC1)C1CNC(=O)C1.Oc1ccc(Cl)c(Cl)c1. The zero-order chi connectivity index (χ0) is 18.4. The summed E-state index contributed by atoms with van der Waals surface area (Å²) in [5, 5.41) is 12.4. The molecule has 3 rings (SSSR count). The van der Waals surface area contributed by atoms with Crippen molar-refractivity contribution in [1.82, 2.24) is 15.1 Å². The van der Waals surface area contributed by atoms with Crippen LogP contribution in [0, 0.1) is 0 Å².